The maximum absolute atomic E-state index is 13.4. The summed E-state index contributed by atoms with van der Waals surface area (Å²) >= 11 is 0. The Hall–Kier alpha value is -3.09. The number of ether oxygens (including phenoxy) is 8. The summed E-state index contributed by atoms with van der Waals surface area (Å²) in [6, 6.07) is 0. The molecule has 0 aromatic rings. The Morgan fingerprint density at radius 2 is 1.19 bits per heavy atom. The predicted octanol–water partition coefficient (Wildman–Crippen LogP) is -1.55. The van der Waals surface area contributed by atoms with Gasteiger partial charge in [-0.2, -0.15) is 0 Å². The fourth-order valence-corrected chi connectivity index (χ4v) is 16.2. The molecule has 8 rings (SSSR count). The number of hydrogen-bond acceptors (Lipinski definition) is 23. The summed E-state index contributed by atoms with van der Waals surface area (Å²) in [5.74, 6) is -4.56. The standard InChI is InChI=1S/C55H84O24/c1-9-11-31(60)75-44-45(76-32(61)12-10-2)55(23-59)25(19-50(44,3)4)24-13-14-29-51(5)17-16-30(52(6,22-58)28(51)15-18-53(29,7)54(24,8)42(68)43(55)69)74-49-41(79-48-37(66)35(64)33(62)26(20-56)72-48)39(38(67)40(78-49)46(70)71)77-47-36(65)34(63)27(21-57)73-47/h9-13,25-30,33-45,47-49,56-59,62-69H,14-23H2,1-8H3,(H,70,71)/b11-9+,12-10+/t25-,26+,27-,28+,29+,30?,33+,34-,35-,36+,37+,38-,39-,40-,41+,42-,43+,44-,45-,47-,48-,49+,51-,52+,53+,54-,55-/m0/s1. The Morgan fingerprint density at radius 3 is 1.73 bits per heavy atom. The maximum atomic E-state index is 13.4. The van der Waals surface area contributed by atoms with Crippen LogP contribution in [0, 0.1) is 50.2 Å². The highest BCUT2D eigenvalue weighted by molar-refractivity contribution is 5.83. The first-order valence-electron chi connectivity index (χ1n) is 27.5. The van der Waals surface area contributed by atoms with Crippen LogP contribution in [0.4, 0.5) is 0 Å². The molecule has 5 aliphatic carbocycles. The highest BCUT2D eigenvalue weighted by atomic mass is 16.8. The molecule has 27 atom stereocenters. The molecular weight excluding hydrogens is 1040 g/mol. The topological polar surface area (TPSA) is 388 Å². The number of fused-ring (bicyclic) bond motifs is 7. The Morgan fingerprint density at radius 1 is 0.633 bits per heavy atom. The minimum Gasteiger partial charge on any atom is -0.479 e. The highest BCUT2D eigenvalue weighted by Gasteiger charge is 2.76. The van der Waals surface area contributed by atoms with Gasteiger partial charge in [0.15, 0.2) is 31.1 Å². The fourth-order valence-electron chi connectivity index (χ4n) is 16.2. The second-order valence-corrected chi connectivity index (χ2v) is 25.0. The van der Waals surface area contributed by atoms with Crippen LogP contribution in [0.3, 0.4) is 0 Å². The number of carboxylic acids is 1. The molecule has 448 valence electrons. The normalized spacial score (nSPS) is 50.5. The lowest BCUT2D eigenvalue weighted by atomic mass is 9.32. The van der Waals surface area contributed by atoms with E-state index in [0.29, 0.717) is 25.7 Å². The second kappa shape index (κ2) is 22.8. The number of aliphatic hydroxyl groups excluding tert-OH is 12. The van der Waals surface area contributed by atoms with Crippen molar-refractivity contribution in [2.45, 2.75) is 210 Å². The van der Waals surface area contributed by atoms with Crippen LogP contribution >= 0.6 is 0 Å². The van der Waals surface area contributed by atoms with Crippen LogP contribution in [0.5, 0.6) is 0 Å². The molecule has 0 radical (unpaired) electrons. The summed E-state index contributed by atoms with van der Waals surface area (Å²) < 4.78 is 48.4. The average Bonchev–Trinajstić information content (AvgIpc) is 1.99. The Kier molecular flexibility index (Phi) is 17.9. The van der Waals surface area contributed by atoms with E-state index in [-0.39, 0.29) is 24.7 Å². The van der Waals surface area contributed by atoms with Gasteiger partial charge in [0.2, 0.25) is 0 Å². The van der Waals surface area contributed by atoms with Crippen LogP contribution in [0.15, 0.2) is 36.0 Å². The quantitative estimate of drug-likeness (QED) is 0.0382. The van der Waals surface area contributed by atoms with E-state index in [0.717, 1.165) is 5.57 Å². The molecule has 0 aromatic carbocycles. The SMILES string of the molecule is C/C=C/C(=O)O[C@H]1[C@H](OC(=O)/C=C/C)[C@]2(CO)[C@H](O)[C@H](O)[C@]3(C)C(=CC[C@@H]4[C@@]5(C)CCC(O[C@@H]6O[C@H](C(=O)O)[C@@H](O)[C@H](O[C@@H]7O[C@@H](CO)[C@H](O)[C@H]7O)[C@H]6O[C@@H]6O[C@H](CO)[C@@H](O)[C@H](O)[C@H]6O)[C@](C)(CO)[C@@H]5CC[C@]43C)[C@@H]2CC1(C)C. The van der Waals surface area contributed by atoms with Crippen molar-refractivity contribution in [3.8, 4) is 0 Å². The third-order valence-corrected chi connectivity index (χ3v) is 20.6. The van der Waals surface area contributed by atoms with Crippen molar-refractivity contribution in [1.82, 2.24) is 0 Å². The maximum Gasteiger partial charge on any atom is 0.335 e. The summed E-state index contributed by atoms with van der Waals surface area (Å²) in [7, 11) is 0. The Bertz CT molecular complexity index is 2310. The van der Waals surface area contributed by atoms with Crippen LogP contribution < -0.4 is 0 Å². The first kappa shape index (κ1) is 62.0. The smallest absolute Gasteiger partial charge is 0.335 e. The number of hydrogen-bond donors (Lipinski definition) is 13. The minimum absolute atomic E-state index is 0.166. The van der Waals surface area contributed by atoms with E-state index in [1.807, 2.05) is 27.7 Å². The van der Waals surface area contributed by atoms with E-state index in [9.17, 15) is 80.8 Å². The van der Waals surface area contributed by atoms with Gasteiger partial charge in [-0.05, 0) is 81.0 Å². The van der Waals surface area contributed by atoms with Crippen LogP contribution in [0.25, 0.3) is 0 Å². The molecule has 0 spiro atoms. The summed E-state index contributed by atoms with van der Waals surface area (Å²) in [6.07, 6.45) is -23.4. The molecule has 4 saturated carbocycles. The van der Waals surface area contributed by atoms with Crippen LogP contribution in [-0.2, 0) is 52.3 Å². The molecule has 24 nitrogen and oxygen atoms in total. The molecule has 1 unspecified atom stereocenters. The van der Waals surface area contributed by atoms with E-state index >= 15 is 0 Å². The van der Waals surface area contributed by atoms with Gasteiger partial charge in [-0.3, -0.25) is 0 Å². The van der Waals surface area contributed by atoms with Crippen LogP contribution in [0.1, 0.15) is 93.9 Å². The van der Waals surface area contributed by atoms with Gasteiger partial charge in [-0.25, -0.2) is 14.4 Å². The summed E-state index contributed by atoms with van der Waals surface area (Å²) in [4.78, 5) is 39.5. The van der Waals surface area contributed by atoms with Crippen LogP contribution in [-0.4, -0.2) is 227 Å². The number of allylic oxidation sites excluding steroid dienone is 3. The van der Waals surface area contributed by atoms with Crippen molar-refractivity contribution in [2.24, 2.45) is 50.2 Å². The van der Waals surface area contributed by atoms with Gasteiger partial charge in [0.05, 0.1) is 50.2 Å². The third-order valence-electron chi connectivity index (χ3n) is 20.6. The van der Waals surface area contributed by atoms with Crippen LogP contribution in [0.2, 0.25) is 0 Å². The van der Waals surface area contributed by atoms with Gasteiger partial charge >= 0.3 is 17.9 Å². The second-order valence-electron chi connectivity index (χ2n) is 25.0. The number of carboxylic acid groups (broad SMARTS) is 1. The zero-order chi connectivity index (χ0) is 58.3. The van der Waals surface area contributed by atoms with E-state index in [1.165, 1.54) is 24.3 Å². The molecule has 7 fully saturated rings. The lowest BCUT2D eigenvalue weighted by Crippen LogP contribution is -2.76. The molecule has 3 heterocycles. The van der Waals surface area contributed by atoms with Gasteiger partial charge in [-0.15, -0.1) is 0 Å². The number of aliphatic hydroxyl groups is 12. The molecule has 0 aromatic heterocycles. The number of carbonyl (C=O) groups is 3. The number of esters is 2. The van der Waals surface area contributed by atoms with E-state index < -0.39 is 199 Å². The van der Waals surface area contributed by atoms with Crippen molar-refractivity contribution in [3.05, 3.63) is 36.0 Å². The Balaban J connectivity index is 1.15. The van der Waals surface area contributed by atoms with Gasteiger partial charge in [0.1, 0.15) is 67.1 Å². The van der Waals surface area contributed by atoms with E-state index in [4.69, 9.17) is 37.9 Å². The third kappa shape index (κ3) is 9.77. The van der Waals surface area contributed by atoms with Crippen molar-refractivity contribution >= 4 is 17.9 Å². The molecule has 8 aliphatic rings. The van der Waals surface area contributed by atoms with E-state index in [1.54, 1.807) is 13.8 Å². The first-order chi connectivity index (χ1) is 37.1. The van der Waals surface area contributed by atoms with Crippen molar-refractivity contribution < 1.29 is 119 Å². The number of rotatable bonds is 15. The lowest BCUT2D eigenvalue weighted by Gasteiger charge is -2.73. The summed E-state index contributed by atoms with van der Waals surface area (Å²) in [5.41, 5.74) is -5.74. The molecule has 79 heavy (non-hydrogen) atoms. The Labute approximate surface area is 458 Å². The minimum atomic E-state index is -2.17. The van der Waals surface area contributed by atoms with E-state index in [2.05, 4.69) is 19.9 Å². The largest absolute Gasteiger partial charge is 0.479 e. The average molecular weight is 1130 g/mol. The molecular formula is C55H84O24. The van der Waals surface area contributed by atoms with Crippen molar-refractivity contribution in [2.75, 3.05) is 26.4 Å². The van der Waals surface area contributed by atoms with Crippen molar-refractivity contribution in [3.63, 3.8) is 0 Å². The molecule has 3 saturated heterocycles. The number of aliphatic carboxylic acids is 1. The molecule has 0 amide bonds. The molecule has 0 bridgehead atoms. The molecule has 13 N–H and O–H groups in total. The first-order valence-corrected chi connectivity index (χ1v) is 27.5. The number of carbonyl (C=O) groups excluding carboxylic acids is 2. The van der Waals surface area contributed by atoms with Gasteiger partial charge in [0.25, 0.3) is 0 Å². The highest BCUT2D eigenvalue weighted by Crippen LogP contribution is 2.76. The van der Waals surface area contributed by atoms with Crippen molar-refractivity contribution in [1.29, 1.82) is 0 Å². The van der Waals surface area contributed by atoms with Gasteiger partial charge in [0, 0.05) is 28.4 Å². The lowest BCUT2D eigenvalue weighted by molar-refractivity contribution is -0.387. The molecule has 3 aliphatic heterocycles. The zero-order valence-electron chi connectivity index (χ0n) is 46.0. The monoisotopic (exact) mass is 1130 g/mol. The molecule has 24 heteroatoms. The summed E-state index contributed by atoms with van der Waals surface area (Å²) in [6.45, 7) is 12.1. The predicted molar refractivity (Wildman–Crippen MR) is 269 cm³/mol. The zero-order valence-corrected chi connectivity index (χ0v) is 46.0. The van der Waals surface area contributed by atoms with Gasteiger partial charge < -0.3 is 104 Å². The fraction of sp³-hybridized carbons (Fsp3) is 0.836. The van der Waals surface area contributed by atoms with Gasteiger partial charge in [-0.1, -0.05) is 65.3 Å². The summed E-state index contributed by atoms with van der Waals surface area (Å²) in [5, 5.41) is 145.